The summed E-state index contributed by atoms with van der Waals surface area (Å²) in [6.07, 6.45) is 5.52. The number of piperidine rings is 1. The number of rotatable bonds is 4. The molecule has 1 N–H and O–H groups in total. The molecule has 0 aliphatic carbocycles. The highest BCUT2D eigenvalue weighted by atomic mass is 32.2. The molecule has 0 atom stereocenters. The van der Waals surface area contributed by atoms with Gasteiger partial charge < -0.3 is 10.2 Å². The molecule has 25 heavy (non-hydrogen) atoms. The van der Waals surface area contributed by atoms with Crippen LogP contribution in [0.5, 0.6) is 0 Å². The monoisotopic (exact) mass is 363 g/mol. The molecule has 0 spiro atoms. The van der Waals surface area contributed by atoms with Crippen molar-refractivity contribution in [2.24, 2.45) is 4.99 Å². The normalized spacial score (nSPS) is 16.7. The third kappa shape index (κ3) is 5.33. The van der Waals surface area contributed by atoms with Crippen LogP contribution in [0.25, 0.3) is 6.08 Å². The van der Waals surface area contributed by atoms with Crippen molar-refractivity contribution in [1.29, 1.82) is 0 Å². The molecule has 6 heteroatoms. The van der Waals surface area contributed by atoms with Crippen LogP contribution in [-0.4, -0.2) is 57.0 Å². The molecule has 2 rings (SSSR count). The Morgan fingerprint density at radius 1 is 1.24 bits per heavy atom. The molecule has 1 aromatic rings. The van der Waals surface area contributed by atoms with Crippen molar-refractivity contribution in [2.45, 2.75) is 31.4 Å². The van der Waals surface area contributed by atoms with Gasteiger partial charge in [-0.25, -0.2) is 8.42 Å². The first-order valence-electron chi connectivity index (χ1n) is 8.62. The molecular weight excluding hydrogens is 334 g/mol. The summed E-state index contributed by atoms with van der Waals surface area (Å²) in [5.74, 6) is 0.774. The highest BCUT2D eigenvalue weighted by Crippen LogP contribution is 2.20. The third-order valence-corrected chi connectivity index (χ3v) is 6.92. The number of hydrogen-bond acceptors (Lipinski definition) is 3. The number of guanidine groups is 1. The second-order valence-corrected chi connectivity index (χ2v) is 9.78. The average Bonchev–Trinajstić information content (AvgIpc) is 2.56. The zero-order valence-corrected chi connectivity index (χ0v) is 16.4. The van der Waals surface area contributed by atoms with Crippen molar-refractivity contribution in [2.75, 3.05) is 32.9 Å². The van der Waals surface area contributed by atoms with E-state index in [1.54, 1.807) is 20.9 Å². The topological polar surface area (TPSA) is 61.8 Å². The molecule has 0 amide bonds. The second-order valence-electron chi connectivity index (χ2n) is 7.13. The summed E-state index contributed by atoms with van der Waals surface area (Å²) in [6.45, 7) is 5.59. The van der Waals surface area contributed by atoms with Gasteiger partial charge in [0, 0.05) is 32.9 Å². The van der Waals surface area contributed by atoms with Gasteiger partial charge in [-0.1, -0.05) is 42.0 Å². The van der Waals surface area contributed by atoms with Crippen LogP contribution in [0.3, 0.4) is 0 Å². The number of sulfone groups is 1. The lowest BCUT2D eigenvalue weighted by Crippen LogP contribution is -2.50. The molecule has 5 nitrogen and oxygen atoms in total. The van der Waals surface area contributed by atoms with Crippen LogP contribution < -0.4 is 5.32 Å². The first-order valence-corrected chi connectivity index (χ1v) is 10.5. The zero-order valence-electron chi connectivity index (χ0n) is 15.6. The number of hydrogen-bond donors (Lipinski definition) is 1. The van der Waals surface area contributed by atoms with Gasteiger partial charge in [0.1, 0.15) is 0 Å². The van der Waals surface area contributed by atoms with Crippen LogP contribution in [0.15, 0.2) is 40.9 Å². The molecule has 0 aromatic heterocycles. The minimum atomic E-state index is -3.13. The van der Waals surface area contributed by atoms with Crippen LogP contribution in [-0.2, 0) is 9.84 Å². The van der Waals surface area contributed by atoms with E-state index in [9.17, 15) is 8.42 Å². The summed E-state index contributed by atoms with van der Waals surface area (Å²) in [7, 11) is -1.38. The van der Waals surface area contributed by atoms with Crippen molar-refractivity contribution in [1.82, 2.24) is 10.2 Å². The lowest BCUT2D eigenvalue weighted by molar-refractivity contribution is 0.373. The molecule has 0 saturated carbocycles. The minimum Gasteiger partial charge on any atom is -0.355 e. The quantitative estimate of drug-likeness (QED) is 0.660. The summed E-state index contributed by atoms with van der Waals surface area (Å²) in [5.41, 5.74) is 2.68. The lowest BCUT2D eigenvalue weighted by Gasteiger charge is -2.33. The van der Waals surface area contributed by atoms with Crippen molar-refractivity contribution in [3.8, 4) is 0 Å². The molecule has 138 valence electrons. The van der Waals surface area contributed by atoms with E-state index < -0.39 is 14.6 Å². The Hall–Kier alpha value is -1.82. The van der Waals surface area contributed by atoms with Gasteiger partial charge in [0.25, 0.3) is 0 Å². The van der Waals surface area contributed by atoms with Gasteiger partial charge >= 0.3 is 0 Å². The molecule has 1 aliphatic rings. The molecule has 1 aromatic carbocycles. The summed E-state index contributed by atoms with van der Waals surface area (Å²) in [4.78, 5) is 6.52. The smallest absolute Gasteiger partial charge is 0.193 e. The van der Waals surface area contributed by atoms with Gasteiger partial charge in [-0.3, -0.25) is 4.99 Å². The maximum atomic E-state index is 11.8. The van der Waals surface area contributed by atoms with Crippen LogP contribution in [0.2, 0.25) is 0 Å². The summed E-state index contributed by atoms with van der Waals surface area (Å²) < 4.78 is 22.9. The van der Waals surface area contributed by atoms with Gasteiger partial charge in [0.05, 0.1) is 4.75 Å². The molecule has 1 fully saturated rings. The van der Waals surface area contributed by atoms with Gasteiger partial charge in [-0.15, -0.1) is 0 Å². The van der Waals surface area contributed by atoms with Crippen molar-refractivity contribution < 1.29 is 8.42 Å². The van der Waals surface area contributed by atoms with Gasteiger partial charge in [-0.2, -0.15) is 0 Å². The average molecular weight is 364 g/mol. The zero-order chi connectivity index (χ0) is 18.5. The summed E-state index contributed by atoms with van der Waals surface area (Å²) in [5, 5.41) is 3.23. The Labute approximate surface area is 151 Å². The third-order valence-electron chi connectivity index (χ3n) is 4.76. The van der Waals surface area contributed by atoms with Crippen LogP contribution >= 0.6 is 0 Å². The maximum absolute atomic E-state index is 11.8. The first-order chi connectivity index (χ1) is 11.7. The standard InChI is InChI=1S/C19H29N3O2S/c1-19(2,25(4,23)24)15-21-18(20-3)22-12-10-17(11-13-22)14-16-8-6-5-7-9-16/h5-9,14H,10-13,15H2,1-4H3,(H,20,21). The number of benzene rings is 1. The Bertz CT molecular complexity index is 727. The molecule has 0 unspecified atom stereocenters. The van der Waals surface area contributed by atoms with E-state index in [-0.39, 0.29) is 0 Å². The minimum absolute atomic E-state index is 0.349. The van der Waals surface area contributed by atoms with E-state index in [0.29, 0.717) is 6.54 Å². The van der Waals surface area contributed by atoms with E-state index >= 15 is 0 Å². The fourth-order valence-corrected chi connectivity index (χ4v) is 3.02. The number of likely N-dealkylation sites (tertiary alicyclic amines) is 1. The van der Waals surface area contributed by atoms with Crippen molar-refractivity contribution in [3.63, 3.8) is 0 Å². The predicted molar refractivity (Wildman–Crippen MR) is 106 cm³/mol. The van der Waals surface area contributed by atoms with E-state index in [4.69, 9.17) is 0 Å². The van der Waals surface area contributed by atoms with Crippen LogP contribution in [0.4, 0.5) is 0 Å². The SMILES string of the molecule is CN=C(NCC(C)(C)S(C)(=O)=O)N1CCC(=Cc2ccccc2)CC1. The summed E-state index contributed by atoms with van der Waals surface area (Å²) >= 11 is 0. The highest BCUT2D eigenvalue weighted by Gasteiger charge is 2.31. The molecule has 1 saturated heterocycles. The Morgan fingerprint density at radius 3 is 2.36 bits per heavy atom. The maximum Gasteiger partial charge on any atom is 0.193 e. The van der Waals surface area contributed by atoms with Crippen molar-refractivity contribution >= 4 is 21.9 Å². The van der Waals surface area contributed by atoms with E-state index in [1.165, 1.54) is 17.4 Å². The number of aliphatic imine (C=N–C) groups is 1. The van der Waals surface area contributed by atoms with Crippen LogP contribution in [0, 0.1) is 0 Å². The highest BCUT2D eigenvalue weighted by molar-refractivity contribution is 7.92. The van der Waals surface area contributed by atoms with Gasteiger partial charge in [0.2, 0.25) is 0 Å². The molecule has 0 radical (unpaired) electrons. The molecular formula is C19H29N3O2S. The first kappa shape index (κ1) is 19.5. The van der Waals surface area contributed by atoms with E-state index in [0.717, 1.165) is 31.9 Å². The number of nitrogens with zero attached hydrogens (tertiary/aromatic N) is 2. The van der Waals surface area contributed by atoms with E-state index in [1.807, 2.05) is 6.07 Å². The second kappa shape index (κ2) is 8.04. The Kier molecular flexibility index (Phi) is 6.27. The van der Waals surface area contributed by atoms with Gasteiger partial charge in [0.15, 0.2) is 15.8 Å². The van der Waals surface area contributed by atoms with Crippen LogP contribution in [0.1, 0.15) is 32.3 Å². The fourth-order valence-electron chi connectivity index (χ4n) is 2.69. The predicted octanol–water partition coefficient (Wildman–Crippen LogP) is 2.56. The Morgan fingerprint density at radius 2 is 1.84 bits per heavy atom. The Balaban J connectivity index is 1.93. The lowest BCUT2D eigenvalue weighted by atomic mass is 10.0. The van der Waals surface area contributed by atoms with E-state index in [2.05, 4.69) is 45.6 Å². The van der Waals surface area contributed by atoms with Crippen molar-refractivity contribution in [3.05, 3.63) is 41.5 Å². The molecule has 1 heterocycles. The number of nitrogens with one attached hydrogen (secondary N) is 1. The molecule has 1 aliphatic heterocycles. The fraction of sp³-hybridized carbons (Fsp3) is 0.526. The molecule has 0 bridgehead atoms. The van der Waals surface area contributed by atoms with Gasteiger partial charge in [-0.05, 0) is 32.3 Å². The largest absolute Gasteiger partial charge is 0.355 e. The summed E-state index contributed by atoms with van der Waals surface area (Å²) in [6, 6.07) is 10.4.